The zero-order valence-corrected chi connectivity index (χ0v) is 19.6. The van der Waals surface area contributed by atoms with Crippen LogP contribution in [-0.4, -0.2) is 60.7 Å². The summed E-state index contributed by atoms with van der Waals surface area (Å²) in [6.07, 6.45) is 3.69. The number of anilines is 2. The predicted molar refractivity (Wildman–Crippen MR) is 131 cm³/mol. The molecule has 34 heavy (non-hydrogen) atoms. The number of nitriles is 1. The van der Waals surface area contributed by atoms with Crippen molar-refractivity contribution < 1.29 is 14.3 Å². The SMILES string of the molecule is CCCC1CN(/C(=N\C#N)Nc2ccccc2C)CCN1C(=O)Nc1ccc2c(c1)OCCO2. The molecule has 2 aromatic rings. The van der Waals surface area contributed by atoms with Crippen LogP contribution in [0.2, 0.25) is 0 Å². The number of aryl methyl sites for hydroxylation is 1. The average Bonchev–Trinajstić information content (AvgIpc) is 2.85. The number of para-hydroxylation sites is 1. The zero-order valence-electron chi connectivity index (χ0n) is 19.6. The molecule has 178 valence electrons. The van der Waals surface area contributed by atoms with Crippen LogP contribution in [0, 0.1) is 18.4 Å². The number of rotatable bonds is 4. The molecule has 2 N–H and O–H groups in total. The summed E-state index contributed by atoms with van der Waals surface area (Å²) in [5.74, 6) is 1.83. The zero-order chi connectivity index (χ0) is 23.9. The molecule has 0 saturated carbocycles. The molecular formula is C25H30N6O3. The van der Waals surface area contributed by atoms with E-state index in [9.17, 15) is 10.1 Å². The van der Waals surface area contributed by atoms with Crippen LogP contribution in [0.4, 0.5) is 16.2 Å². The quantitative estimate of drug-likeness (QED) is 0.404. The highest BCUT2D eigenvalue weighted by Crippen LogP contribution is 2.32. The van der Waals surface area contributed by atoms with Gasteiger partial charge in [0.1, 0.15) is 13.2 Å². The van der Waals surface area contributed by atoms with Crippen LogP contribution in [0.1, 0.15) is 25.3 Å². The van der Waals surface area contributed by atoms with Crippen molar-refractivity contribution in [2.75, 3.05) is 43.5 Å². The molecule has 2 heterocycles. The third kappa shape index (κ3) is 5.34. The molecular weight excluding hydrogens is 432 g/mol. The Morgan fingerprint density at radius 3 is 2.71 bits per heavy atom. The third-order valence-corrected chi connectivity index (χ3v) is 6.01. The number of hydrogen-bond acceptors (Lipinski definition) is 5. The van der Waals surface area contributed by atoms with Gasteiger partial charge in [0.15, 0.2) is 11.5 Å². The molecule has 2 amide bonds. The molecule has 0 spiro atoms. The van der Waals surface area contributed by atoms with Gasteiger partial charge >= 0.3 is 6.03 Å². The van der Waals surface area contributed by atoms with E-state index in [1.165, 1.54) is 0 Å². The van der Waals surface area contributed by atoms with Crippen LogP contribution in [0.15, 0.2) is 47.5 Å². The van der Waals surface area contributed by atoms with Gasteiger partial charge in [0.05, 0.1) is 6.04 Å². The third-order valence-electron chi connectivity index (χ3n) is 6.01. The summed E-state index contributed by atoms with van der Waals surface area (Å²) in [5.41, 5.74) is 2.64. The van der Waals surface area contributed by atoms with E-state index >= 15 is 0 Å². The average molecular weight is 463 g/mol. The molecule has 2 aliphatic heterocycles. The maximum Gasteiger partial charge on any atom is 0.322 e. The lowest BCUT2D eigenvalue weighted by Gasteiger charge is -2.42. The maximum absolute atomic E-state index is 13.2. The van der Waals surface area contributed by atoms with Gasteiger partial charge < -0.3 is 29.9 Å². The number of fused-ring (bicyclic) bond motifs is 1. The summed E-state index contributed by atoms with van der Waals surface area (Å²) in [4.78, 5) is 21.1. The van der Waals surface area contributed by atoms with E-state index in [1.807, 2.05) is 59.3 Å². The molecule has 1 unspecified atom stereocenters. The number of amides is 2. The molecule has 2 aliphatic rings. The Hall–Kier alpha value is -3.93. The normalized spacial score (nSPS) is 17.7. The number of benzene rings is 2. The first kappa shape index (κ1) is 23.2. The molecule has 1 fully saturated rings. The van der Waals surface area contributed by atoms with Crippen LogP contribution in [0.25, 0.3) is 0 Å². The number of urea groups is 1. The number of nitrogens with zero attached hydrogens (tertiary/aromatic N) is 4. The van der Waals surface area contributed by atoms with E-state index in [1.54, 1.807) is 6.07 Å². The summed E-state index contributed by atoms with van der Waals surface area (Å²) in [7, 11) is 0. The van der Waals surface area contributed by atoms with E-state index in [4.69, 9.17) is 9.47 Å². The highest BCUT2D eigenvalue weighted by atomic mass is 16.6. The van der Waals surface area contributed by atoms with Crippen LogP contribution >= 0.6 is 0 Å². The smallest absolute Gasteiger partial charge is 0.322 e. The number of aliphatic imine (C=N–C) groups is 1. The standard InChI is InChI=1S/C25H30N6O3/c1-3-6-20-16-30(24(27-17-26)29-21-8-5-4-7-18(21)2)11-12-31(20)25(32)28-19-9-10-22-23(15-19)34-14-13-33-22/h4-5,7-10,15,20H,3,6,11-14,16H2,1-2H3,(H,27,29)(H,28,32). The molecule has 0 aliphatic carbocycles. The molecule has 0 radical (unpaired) electrons. The lowest BCUT2D eigenvalue weighted by molar-refractivity contribution is 0.130. The fraction of sp³-hybridized carbons (Fsp3) is 0.400. The Labute approximate surface area is 200 Å². The number of carbonyl (C=O) groups is 1. The first-order valence-corrected chi connectivity index (χ1v) is 11.6. The van der Waals surface area contributed by atoms with E-state index < -0.39 is 0 Å². The summed E-state index contributed by atoms with van der Waals surface area (Å²) >= 11 is 0. The van der Waals surface area contributed by atoms with Crippen molar-refractivity contribution in [1.82, 2.24) is 9.80 Å². The van der Waals surface area contributed by atoms with Crippen molar-refractivity contribution in [1.29, 1.82) is 5.26 Å². The van der Waals surface area contributed by atoms with Gasteiger partial charge in [0, 0.05) is 37.1 Å². The second kappa shape index (κ2) is 10.8. The highest BCUT2D eigenvalue weighted by Gasteiger charge is 2.32. The minimum absolute atomic E-state index is 0.0153. The lowest BCUT2D eigenvalue weighted by Crippen LogP contribution is -2.58. The fourth-order valence-electron chi connectivity index (χ4n) is 4.27. The molecule has 2 aromatic carbocycles. The Kier molecular flexibility index (Phi) is 7.38. The Morgan fingerprint density at radius 2 is 1.94 bits per heavy atom. The summed E-state index contributed by atoms with van der Waals surface area (Å²) in [6, 6.07) is 13.1. The second-order valence-corrected chi connectivity index (χ2v) is 8.35. The molecule has 0 bridgehead atoms. The molecule has 9 nitrogen and oxygen atoms in total. The predicted octanol–water partition coefficient (Wildman–Crippen LogP) is 4.03. The van der Waals surface area contributed by atoms with E-state index in [0.717, 1.165) is 24.1 Å². The molecule has 9 heteroatoms. The number of ether oxygens (including phenoxy) is 2. The van der Waals surface area contributed by atoms with Crippen molar-refractivity contribution in [2.24, 2.45) is 4.99 Å². The number of nitrogens with one attached hydrogen (secondary N) is 2. The molecule has 4 rings (SSSR count). The van der Waals surface area contributed by atoms with E-state index in [0.29, 0.717) is 56.0 Å². The Bertz CT molecular complexity index is 1100. The van der Waals surface area contributed by atoms with E-state index in [-0.39, 0.29) is 12.1 Å². The maximum atomic E-state index is 13.2. The minimum Gasteiger partial charge on any atom is -0.486 e. The van der Waals surface area contributed by atoms with E-state index in [2.05, 4.69) is 22.5 Å². The van der Waals surface area contributed by atoms with Crippen molar-refractivity contribution >= 4 is 23.4 Å². The largest absolute Gasteiger partial charge is 0.486 e. The van der Waals surface area contributed by atoms with Gasteiger partial charge in [0.25, 0.3) is 0 Å². The summed E-state index contributed by atoms with van der Waals surface area (Å²) < 4.78 is 11.2. The Balaban J connectivity index is 1.45. The topological polar surface area (TPSA) is 102 Å². The highest BCUT2D eigenvalue weighted by molar-refractivity contribution is 5.95. The van der Waals surface area contributed by atoms with Crippen LogP contribution in [0.3, 0.4) is 0 Å². The number of carbonyl (C=O) groups excluding carboxylic acids is 1. The molecule has 1 saturated heterocycles. The Morgan fingerprint density at radius 1 is 1.15 bits per heavy atom. The summed E-state index contributed by atoms with van der Waals surface area (Å²) in [6.45, 7) is 6.79. The number of piperazine rings is 1. The van der Waals surface area contributed by atoms with Gasteiger partial charge in [-0.05, 0) is 37.1 Å². The number of guanidine groups is 1. The van der Waals surface area contributed by atoms with Crippen molar-refractivity contribution in [3.63, 3.8) is 0 Å². The van der Waals surface area contributed by atoms with Crippen LogP contribution in [-0.2, 0) is 0 Å². The van der Waals surface area contributed by atoms with Gasteiger partial charge in [-0.2, -0.15) is 5.26 Å². The first-order valence-electron chi connectivity index (χ1n) is 11.6. The first-order chi connectivity index (χ1) is 16.6. The van der Waals surface area contributed by atoms with Crippen LogP contribution in [0.5, 0.6) is 11.5 Å². The minimum atomic E-state index is -0.152. The van der Waals surface area contributed by atoms with Gasteiger partial charge in [-0.25, -0.2) is 4.79 Å². The molecule has 1 atom stereocenters. The van der Waals surface area contributed by atoms with Crippen molar-refractivity contribution in [3.8, 4) is 17.7 Å². The summed E-state index contributed by atoms with van der Waals surface area (Å²) in [5, 5.41) is 15.6. The lowest BCUT2D eigenvalue weighted by atomic mass is 10.1. The van der Waals surface area contributed by atoms with Gasteiger partial charge in [0.2, 0.25) is 12.2 Å². The fourth-order valence-corrected chi connectivity index (χ4v) is 4.27. The number of hydrogen-bond donors (Lipinski definition) is 2. The van der Waals surface area contributed by atoms with Gasteiger partial charge in [-0.15, -0.1) is 4.99 Å². The van der Waals surface area contributed by atoms with Crippen LogP contribution < -0.4 is 20.1 Å². The molecule has 0 aromatic heterocycles. The monoisotopic (exact) mass is 462 g/mol. The van der Waals surface area contributed by atoms with Gasteiger partial charge in [-0.3, -0.25) is 0 Å². The second-order valence-electron chi connectivity index (χ2n) is 8.35. The van der Waals surface area contributed by atoms with Crippen molar-refractivity contribution in [2.45, 2.75) is 32.7 Å². The van der Waals surface area contributed by atoms with Crippen molar-refractivity contribution in [3.05, 3.63) is 48.0 Å². The van der Waals surface area contributed by atoms with Gasteiger partial charge in [-0.1, -0.05) is 31.5 Å².